The second-order valence-electron chi connectivity index (χ2n) is 3.34. The maximum atomic E-state index is 9.20. The lowest BCUT2D eigenvalue weighted by molar-refractivity contribution is 0.262. The van der Waals surface area contributed by atoms with E-state index >= 15 is 0 Å². The molecule has 0 heterocycles. The van der Waals surface area contributed by atoms with Gasteiger partial charge in [-0.1, -0.05) is 38.1 Å². The molecule has 0 fully saturated rings. The van der Waals surface area contributed by atoms with Gasteiger partial charge < -0.3 is 5.11 Å². The summed E-state index contributed by atoms with van der Waals surface area (Å²) in [5.74, 6) is 0.316. The van der Waals surface area contributed by atoms with Crippen LogP contribution in [0.25, 0.3) is 0 Å². The molecule has 0 saturated carbocycles. The summed E-state index contributed by atoms with van der Waals surface area (Å²) in [5, 5.41) is 9.20. The first-order valence-corrected chi connectivity index (χ1v) is 5.02. The summed E-state index contributed by atoms with van der Waals surface area (Å²) in [5.41, 5.74) is 2.68. The molecular formula is C12H18O. The van der Waals surface area contributed by atoms with E-state index < -0.39 is 0 Å². The molecule has 0 aliphatic heterocycles. The SMILES string of the molecule is CCc1ccccc1C(CC)CO. The maximum absolute atomic E-state index is 9.20. The first-order chi connectivity index (χ1) is 6.33. The summed E-state index contributed by atoms with van der Waals surface area (Å²) >= 11 is 0. The van der Waals surface area contributed by atoms with Gasteiger partial charge in [0.25, 0.3) is 0 Å². The highest BCUT2D eigenvalue weighted by atomic mass is 16.3. The smallest absolute Gasteiger partial charge is 0.0499 e. The number of aliphatic hydroxyl groups excluding tert-OH is 1. The van der Waals surface area contributed by atoms with Crippen LogP contribution in [0, 0.1) is 0 Å². The standard InChI is InChI=1S/C12H18O/c1-3-10-7-5-6-8-12(10)11(4-2)9-13/h5-8,11,13H,3-4,9H2,1-2H3. The summed E-state index contributed by atoms with van der Waals surface area (Å²) < 4.78 is 0. The third-order valence-electron chi connectivity index (χ3n) is 2.59. The molecular weight excluding hydrogens is 160 g/mol. The van der Waals surface area contributed by atoms with Crippen molar-refractivity contribution in [1.82, 2.24) is 0 Å². The van der Waals surface area contributed by atoms with Gasteiger partial charge in [0.1, 0.15) is 0 Å². The van der Waals surface area contributed by atoms with Crippen molar-refractivity contribution in [2.45, 2.75) is 32.6 Å². The Kier molecular flexibility index (Phi) is 3.97. The van der Waals surface area contributed by atoms with Gasteiger partial charge in [0.2, 0.25) is 0 Å². The highest BCUT2D eigenvalue weighted by Crippen LogP contribution is 2.22. The van der Waals surface area contributed by atoms with Gasteiger partial charge in [-0.25, -0.2) is 0 Å². The fourth-order valence-corrected chi connectivity index (χ4v) is 1.70. The summed E-state index contributed by atoms with van der Waals surface area (Å²) in [6.07, 6.45) is 2.06. The van der Waals surface area contributed by atoms with Gasteiger partial charge in [0, 0.05) is 12.5 Å². The van der Waals surface area contributed by atoms with E-state index in [0.29, 0.717) is 5.92 Å². The topological polar surface area (TPSA) is 20.2 Å². The van der Waals surface area contributed by atoms with Crippen LogP contribution in [0.1, 0.15) is 37.3 Å². The molecule has 1 atom stereocenters. The van der Waals surface area contributed by atoms with Crippen LogP contribution in [-0.2, 0) is 6.42 Å². The van der Waals surface area contributed by atoms with E-state index in [2.05, 4.69) is 32.0 Å². The molecule has 0 aliphatic rings. The van der Waals surface area contributed by atoms with Crippen molar-refractivity contribution >= 4 is 0 Å². The quantitative estimate of drug-likeness (QED) is 0.751. The Morgan fingerprint density at radius 3 is 2.46 bits per heavy atom. The summed E-state index contributed by atoms with van der Waals surface area (Å²) in [6, 6.07) is 8.39. The first kappa shape index (κ1) is 10.3. The average Bonchev–Trinajstić information content (AvgIpc) is 2.20. The van der Waals surface area contributed by atoms with Gasteiger partial charge in [-0.2, -0.15) is 0 Å². The normalized spacial score (nSPS) is 12.8. The molecule has 0 spiro atoms. The van der Waals surface area contributed by atoms with Crippen LogP contribution < -0.4 is 0 Å². The zero-order valence-corrected chi connectivity index (χ0v) is 8.46. The fraction of sp³-hybridized carbons (Fsp3) is 0.500. The third kappa shape index (κ3) is 2.31. The van der Waals surface area contributed by atoms with E-state index in [1.807, 2.05) is 6.07 Å². The number of hydrogen-bond acceptors (Lipinski definition) is 1. The van der Waals surface area contributed by atoms with Crippen LogP contribution in [0.15, 0.2) is 24.3 Å². The predicted octanol–water partition coefficient (Wildman–Crippen LogP) is 2.73. The minimum atomic E-state index is 0.257. The van der Waals surface area contributed by atoms with Crippen molar-refractivity contribution in [2.24, 2.45) is 0 Å². The Morgan fingerprint density at radius 2 is 1.92 bits per heavy atom. The molecule has 0 radical (unpaired) electrons. The number of benzene rings is 1. The van der Waals surface area contributed by atoms with Gasteiger partial charge in [-0.3, -0.25) is 0 Å². The lowest BCUT2D eigenvalue weighted by Crippen LogP contribution is -2.05. The number of rotatable bonds is 4. The Balaban J connectivity index is 2.96. The van der Waals surface area contributed by atoms with E-state index in [9.17, 15) is 5.11 Å². The second-order valence-corrected chi connectivity index (χ2v) is 3.34. The van der Waals surface area contributed by atoms with E-state index in [0.717, 1.165) is 12.8 Å². The summed E-state index contributed by atoms with van der Waals surface area (Å²) in [4.78, 5) is 0. The van der Waals surface area contributed by atoms with E-state index in [4.69, 9.17) is 0 Å². The van der Waals surface area contributed by atoms with Crippen molar-refractivity contribution < 1.29 is 5.11 Å². The zero-order valence-electron chi connectivity index (χ0n) is 8.46. The Labute approximate surface area is 80.4 Å². The lowest BCUT2D eigenvalue weighted by atomic mass is 9.92. The molecule has 13 heavy (non-hydrogen) atoms. The predicted molar refractivity (Wildman–Crippen MR) is 55.9 cm³/mol. The minimum Gasteiger partial charge on any atom is -0.396 e. The Bertz CT molecular complexity index is 251. The molecule has 1 rings (SSSR count). The van der Waals surface area contributed by atoms with Crippen LogP contribution in [0.3, 0.4) is 0 Å². The van der Waals surface area contributed by atoms with Gasteiger partial charge in [-0.15, -0.1) is 0 Å². The van der Waals surface area contributed by atoms with Crippen LogP contribution in [0.2, 0.25) is 0 Å². The van der Waals surface area contributed by atoms with Crippen molar-refractivity contribution in [3.05, 3.63) is 35.4 Å². The minimum absolute atomic E-state index is 0.257. The molecule has 1 heteroatoms. The first-order valence-electron chi connectivity index (χ1n) is 5.02. The number of hydrogen-bond donors (Lipinski definition) is 1. The average molecular weight is 178 g/mol. The number of aliphatic hydroxyl groups is 1. The van der Waals surface area contributed by atoms with Crippen molar-refractivity contribution in [2.75, 3.05) is 6.61 Å². The molecule has 1 unspecified atom stereocenters. The highest BCUT2D eigenvalue weighted by Gasteiger charge is 2.10. The molecule has 0 saturated heterocycles. The summed E-state index contributed by atoms with van der Waals surface area (Å²) in [6.45, 7) is 4.53. The van der Waals surface area contributed by atoms with Crippen molar-refractivity contribution in [3.8, 4) is 0 Å². The zero-order chi connectivity index (χ0) is 9.68. The Hall–Kier alpha value is -0.820. The lowest BCUT2D eigenvalue weighted by Gasteiger charge is -2.15. The highest BCUT2D eigenvalue weighted by molar-refractivity contribution is 5.30. The van der Waals surface area contributed by atoms with Crippen LogP contribution in [-0.4, -0.2) is 11.7 Å². The maximum Gasteiger partial charge on any atom is 0.0499 e. The second kappa shape index (κ2) is 5.03. The molecule has 1 nitrogen and oxygen atoms in total. The van der Waals surface area contributed by atoms with Crippen molar-refractivity contribution in [1.29, 1.82) is 0 Å². The van der Waals surface area contributed by atoms with Gasteiger partial charge in [0.15, 0.2) is 0 Å². The monoisotopic (exact) mass is 178 g/mol. The Morgan fingerprint density at radius 1 is 1.23 bits per heavy atom. The molecule has 0 bridgehead atoms. The molecule has 1 N–H and O–H groups in total. The van der Waals surface area contributed by atoms with Gasteiger partial charge >= 0.3 is 0 Å². The van der Waals surface area contributed by atoms with E-state index in [1.54, 1.807) is 0 Å². The number of aryl methyl sites for hydroxylation is 1. The largest absolute Gasteiger partial charge is 0.396 e. The molecule has 1 aromatic rings. The third-order valence-corrected chi connectivity index (χ3v) is 2.59. The molecule has 0 amide bonds. The van der Waals surface area contributed by atoms with Crippen molar-refractivity contribution in [3.63, 3.8) is 0 Å². The molecule has 0 aromatic heterocycles. The fourth-order valence-electron chi connectivity index (χ4n) is 1.70. The van der Waals surface area contributed by atoms with Crippen LogP contribution >= 0.6 is 0 Å². The molecule has 0 aliphatic carbocycles. The molecule has 72 valence electrons. The van der Waals surface area contributed by atoms with Gasteiger partial charge in [0.05, 0.1) is 0 Å². The van der Waals surface area contributed by atoms with E-state index in [-0.39, 0.29) is 6.61 Å². The van der Waals surface area contributed by atoms with Crippen LogP contribution in [0.4, 0.5) is 0 Å². The summed E-state index contributed by atoms with van der Waals surface area (Å²) in [7, 11) is 0. The van der Waals surface area contributed by atoms with E-state index in [1.165, 1.54) is 11.1 Å². The van der Waals surface area contributed by atoms with Crippen LogP contribution in [0.5, 0.6) is 0 Å². The van der Waals surface area contributed by atoms with Gasteiger partial charge in [-0.05, 0) is 24.0 Å². The molecule has 1 aromatic carbocycles.